The first kappa shape index (κ1) is 11.9. The van der Waals surface area contributed by atoms with Gasteiger partial charge in [0.15, 0.2) is 5.69 Å². The number of aryl methyl sites for hydroxylation is 1. The first-order valence-electron chi connectivity index (χ1n) is 6.24. The van der Waals surface area contributed by atoms with Crippen LogP contribution in [0.3, 0.4) is 0 Å². The van der Waals surface area contributed by atoms with Gasteiger partial charge in [0.1, 0.15) is 0 Å². The lowest BCUT2D eigenvalue weighted by molar-refractivity contribution is 0.102. The van der Waals surface area contributed by atoms with Gasteiger partial charge in [-0.25, -0.2) is 0 Å². The predicted octanol–water partition coefficient (Wildman–Crippen LogP) is 1.01. The highest BCUT2D eigenvalue weighted by molar-refractivity contribution is 6.04. The molecule has 19 heavy (non-hydrogen) atoms. The van der Waals surface area contributed by atoms with Crippen molar-refractivity contribution in [2.24, 2.45) is 0 Å². The van der Waals surface area contributed by atoms with E-state index in [4.69, 9.17) is 0 Å². The van der Waals surface area contributed by atoms with Gasteiger partial charge in [-0.3, -0.25) is 14.9 Å². The minimum absolute atomic E-state index is 0.197. The van der Waals surface area contributed by atoms with E-state index in [2.05, 4.69) is 25.8 Å². The van der Waals surface area contributed by atoms with E-state index >= 15 is 0 Å². The Morgan fingerprint density at radius 2 is 2.37 bits per heavy atom. The van der Waals surface area contributed by atoms with Gasteiger partial charge in [0.05, 0.1) is 11.9 Å². The highest BCUT2D eigenvalue weighted by atomic mass is 16.2. The molecule has 0 spiro atoms. The first-order valence-corrected chi connectivity index (χ1v) is 6.24. The summed E-state index contributed by atoms with van der Waals surface area (Å²) in [5.41, 5.74) is 4.17. The van der Waals surface area contributed by atoms with Gasteiger partial charge in [-0.05, 0) is 18.6 Å². The summed E-state index contributed by atoms with van der Waals surface area (Å²) in [5, 5.41) is 13.2. The number of aromatic amines is 1. The van der Waals surface area contributed by atoms with Crippen LogP contribution in [0.1, 0.15) is 27.3 Å². The lowest BCUT2D eigenvalue weighted by Gasteiger charge is -2.13. The molecule has 0 atom stereocenters. The fourth-order valence-corrected chi connectivity index (χ4v) is 2.19. The number of carbonyl (C=O) groups excluding carboxylic acids is 1. The van der Waals surface area contributed by atoms with Crippen molar-refractivity contribution in [2.45, 2.75) is 19.9 Å². The van der Waals surface area contributed by atoms with Gasteiger partial charge < -0.3 is 10.6 Å². The topological polar surface area (TPSA) is 82.7 Å². The fraction of sp³-hybridized carbons (Fsp3) is 0.308. The maximum atomic E-state index is 12.3. The van der Waals surface area contributed by atoms with Crippen LogP contribution in [-0.2, 0) is 13.0 Å². The van der Waals surface area contributed by atoms with Crippen molar-refractivity contribution in [3.05, 3.63) is 41.0 Å². The van der Waals surface area contributed by atoms with Gasteiger partial charge >= 0.3 is 0 Å². The Bertz CT molecular complexity index is 619. The molecule has 0 unspecified atom stereocenters. The highest BCUT2D eigenvalue weighted by Gasteiger charge is 2.21. The van der Waals surface area contributed by atoms with E-state index in [1.54, 1.807) is 12.4 Å². The number of nitrogens with zero attached hydrogens (tertiary/aromatic N) is 2. The number of hydrogen-bond donors (Lipinski definition) is 3. The van der Waals surface area contributed by atoms with Crippen molar-refractivity contribution in [1.82, 2.24) is 20.5 Å². The minimum atomic E-state index is -0.197. The summed E-state index contributed by atoms with van der Waals surface area (Å²) >= 11 is 0. The second-order valence-electron chi connectivity index (χ2n) is 4.60. The molecule has 98 valence electrons. The molecule has 3 heterocycles. The molecule has 1 aliphatic heterocycles. The van der Waals surface area contributed by atoms with Crippen molar-refractivity contribution in [1.29, 1.82) is 0 Å². The highest BCUT2D eigenvalue weighted by Crippen LogP contribution is 2.18. The molecule has 0 aromatic carbocycles. The monoisotopic (exact) mass is 257 g/mol. The van der Waals surface area contributed by atoms with Crippen molar-refractivity contribution < 1.29 is 4.79 Å². The van der Waals surface area contributed by atoms with E-state index in [0.717, 1.165) is 29.8 Å². The van der Waals surface area contributed by atoms with Gasteiger partial charge in [0.25, 0.3) is 5.91 Å². The van der Waals surface area contributed by atoms with Gasteiger partial charge in [-0.2, -0.15) is 5.10 Å². The smallest absolute Gasteiger partial charge is 0.276 e. The summed E-state index contributed by atoms with van der Waals surface area (Å²) in [7, 11) is 0. The summed E-state index contributed by atoms with van der Waals surface area (Å²) in [6.45, 7) is 3.53. The van der Waals surface area contributed by atoms with Crippen LogP contribution in [0.2, 0.25) is 0 Å². The Hall–Kier alpha value is -2.21. The number of carbonyl (C=O) groups is 1. The molecule has 0 aliphatic carbocycles. The lowest BCUT2D eigenvalue weighted by atomic mass is 10.1. The SMILES string of the molecule is Cc1ccncc1NC(=O)c1n[nH]c2c1CNCC2. The summed E-state index contributed by atoms with van der Waals surface area (Å²) < 4.78 is 0. The van der Waals surface area contributed by atoms with Gasteiger partial charge in [-0.1, -0.05) is 0 Å². The molecule has 6 nitrogen and oxygen atoms in total. The molecule has 0 fully saturated rings. The Morgan fingerprint density at radius 1 is 1.47 bits per heavy atom. The van der Waals surface area contributed by atoms with Crippen LogP contribution in [0.25, 0.3) is 0 Å². The molecule has 0 saturated heterocycles. The predicted molar refractivity (Wildman–Crippen MR) is 70.9 cm³/mol. The number of amides is 1. The molecule has 1 aliphatic rings. The van der Waals surface area contributed by atoms with Crippen LogP contribution >= 0.6 is 0 Å². The van der Waals surface area contributed by atoms with Crippen molar-refractivity contribution in [2.75, 3.05) is 11.9 Å². The molecule has 0 bridgehead atoms. The number of pyridine rings is 1. The normalized spacial score (nSPS) is 13.9. The van der Waals surface area contributed by atoms with E-state index in [-0.39, 0.29) is 5.91 Å². The number of hydrogen-bond acceptors (Lipinski definition) is 4. The molecular formula is C13H15N5O. The molecule has 3 rings (SSSR count). The number of fused-ring (bicyclic) bond motifs is 1. The van der Waals surface area contributed by atoms with E-state index < -0.39 is 0 Å². The average molecular weight is 257 g/mol. The number of nitrogens with one attached hydrogen (secondary N) is 3. The van der Waals surface area contributed by atoms with Crippen LogP contribution in [-0.4, -0.2) is 27.6 Å². The summed E-state index contributed by atoms with van der Waals surface area (Å²) in [6, 6.07) is 1.86. The summed E-state index contributed by atoms with van der Waals surface area (Å²) in [5.74, 6) is -0.197. The zero-order chi connectivity index (χ0) is 13.2. The molecule has 2 aromatic rings. The third kappa shape index (κ3) is 2.22. The van der Waals surface area contributed by atoms with Crippen molar-refractivity contribution >= 4 is 11.6 Å². The Labute approximate surface area is 110 Å². The van der Waals surface area contributed by atoms with Crippen molar-refractivity contribution in [3.63, 3.8) is 0 Å². The van der Waals surface area contributed by atoms with Crippen LogP contribution in [0.15, 0.2) is 18.5 Å². The number of H-pyrrole nitrogens is 1. The van der Waals surface area contributed by atoms with Gasteiger partial charge in [-0.15, -0.1) is 0 Å². The van der Waals surface area contributed by atoms with Crippen molar-refractivity contribution in [3.8, 4) is 0 Å². The molecule has 0 radical (unpaired) electrons. The number of aromatic nitrogens is 3. The molecule has 2 aromatic heterocycles. The molecule has 1 amide bonds. The molecule has 6 heteroatoms. The largest absolute Gasteiger partial charge is 0.319 e. The van der Waals surface area contributed by atoms with Gasteiger partial charge in [0.2, 0.25) is 0 Å². The van der Waals surface area contributed by atoms with Crippen LogP contribution in [0, 0.1) is 6.92 Å². The van der Waals surface area contributed by atoms with Crippen LogP contribution < -0.4 is 10.6 Å². The minimum Gasteiger partial charge on any atom is -0.319 e. The second kappa shape index (κ2) is 4.81. The molecule has 3 N–H and O–H groups in total. The zero-order valence-electron chi connectivity index (χ0n) is 10.7. The maximum absolute atomic E-state index is 12.3. The fourth-order valence-electron chi connectivity index (χ4n) is 2.19. The average Bonchev–Trinajstić information content (AvgIpc) is 2.85. The Balaban J connectivity index is 1.85. The number of anilines is 1. The number of rotatable bonds is 2. The zero-order valence-corrected chi connectivity index (χ0v) is 10.7. The Kier molecular flexibility index (Phi) is 3.00. The van der Waals surface area contributed by atoms with Crippen LogP contribution in [0.5, 0.6) is 0 Å². The third-order valence-corrected chi connectivity index (χ3v) is 3.31. The summed E-state index contributed by atoms with van der Waals surface area (Å²) in [6.07, 6.45) is 4.22. The lowest BCUT2D eigenvalue weighted by Crippen LogP contribution is -2.25. The molecular weight excluding hydrogens is 242 g/mol. The van der Waals surface area contributed by atoms with Gasteiger partial charge in [0, 0.05) is 37.0 Å². The molecule has 0 saturated carbocycles. The first-order chi connectivity index (χ1) is 9.25. The van der Waals surface area contributed by atoms with E-state index in [0.29, 0.717) is 17.9 Å². The standard InChI is InChI=1S/C13H15N5O/c1-8-2-4-15-7-11(8)16-13(19)12-9-6-14-5-3-10(9)17-18-12/h2,4,7,14H,3,5-6H2,1H3,(H,16,19)(H,17,18). The van der Waals surface area contributed by atoms with E-state index in [9.17, 15) is 4.79 Å². The Morgan fingerprint density at radius 3 is 3.21 bits per heavy atom. The van der Waals surface area contributed by atoms with E-state index in [1.807, 2.05) is 13.0 Å². The third-order valence-electron chi connectivity index (χ3n) is 3.31. The second-order valence-corrected chi connectivity index (χ2v) is 4.60. The summed E-state index contributed by atoms with van der Waals surface area (Å²) in [4.78, 5) is 16.3. The maximum Gasteiger partial charge on any atom is 0.276 e. The van der Waals surface area contributed by atoms with E-state index in [1.165, 1.54) is 0 Å². The quantitative estimate of drug-likeness (QED) is 0.750. The van der Waals surface area contributed by atoms with Crippen LogP contribution in [0.4, 0.5) is 5.69 Å².